The standard InChI is InChI=1S/C24H24N6O/c25-14-19(15-26)18-3-6-21-22(13-18)30-10-9-27-24(30)23(29-21)28-20-4-1-16(2-5-20)17-7-11-31-12-8-17/h1-6,9-10,13-15,17,25H,7-8,11-12,26H2,(H,28,29). The summed E-state index contributed by atoms with van der Waals surface area (Å²) in [7, 11) is 0. The molecule has 0 spiro atoms. The summed E-state index contributed by atoms with van der Waals surface area (Å²) in [6, 6.07) is 14.4. The summed E-state index contributed by atoms with van der Waals surface area (Å²) in [4.78, 5) is 9.33. The average Bonchev–Trinajstić information content (AvgIpc) is 3.32. The highest BCUT2D eigenvalue weighted by Gasteiger charge is 2.16. The molecule has 2 aromatic heterocycles. The summed E-state index contributed by atoms with van der Waals surface area (Å²) in [5.74, 6) is 1.27. The Bertz CT molecular complexity index is 1270. The van der Waals surface area contributed by atoms with E-state index in [0.29, 0.717) is 17.3 Å². The lowest BCUT2D eigenvalue weighted by atomic mass is 9.92. The van der Waals surface area contributed by atoms with Gasteiger partial charge >= 0.3 is 0 Å². The third-order valence-electron chi connectivity index (χ3n) is 5.85. The number of hydrogen-bond donors (Lipinski definition) is 3. The molecule has 2 aromatic carbocycles. The Labute approximate surface area is 180 Å². The lowest BCUT2D eigenvalue weighted by Gasteiger charge is -2.22. The van der Waals surface area contributed by atoms with Gasteiger partial charge in [-0.05, 0) is 54.2 Å². The minimum atomic E-state index is 0.572. The van der Waals surface area contributed by atoms with Crippen molar-refractivity contribution in [1.29, 1.82) is 5.41 Å². The zero-order valence-electron chi connectivity index (χ0n) is 17.1. The second-order valence-electron chi connectivity index (χ2n) is 7.68. The summed E-state index contributed by atoms with van der Waals surface area (Å²) in [6.07, 6.45) is 8.52. The third kappa shape index (κ3) is 3.64. The number of anilines is 2. The molecule has 1 aliphatic heterocycles. The average molecular weight is 412 g/mol. The van der Waals surface area contributed by atoms with Crippen molar-refractivity contribution in [3.05, 3.63) is 72.2 Å². The van der Waals surface area contributed by atoms with Gasteiger partial charge in [0.2, 0.25) is 0 Å². The van der Waals surface area contributed by atoms with E-state index in [4.69, 9.17) is 20.9 Å². The lowest BCUT2D eigenvalue weighted by Crippen LogP contribution is -2.13. The summed E-state index contributed by atoms with van der Waals surface area (Å²) in [6.45, 7) is 1.68. The predicted molar refractivity (Wildman–Crippen MR) is 124 cm³/mol. The molecule has 0 saturated carbocycles. The van der Waals surface area contributed by atoms with Crippen LogP contribution in [0.5, 0.6) is 0 Å². The second-order valence-corrected chi connectivity index (χ2v) is 7.68. The van der Waals surface area contributed by atoms with E-state index in [0.717, 1.165) is 54.0 Å². The number of ether oxygens (including phenoxy) is 1. The SMILES string of the molecule is N=CC(=CN)c1ccc2nc(Nc3ccc(C4CCOCC4)cc3)c3nccn3c2c1. The van der Waals surface area contributed by atoms with Crippen LogP contribution in [0.3, 0.4) is 0 Å². The topological polar surface area (TPSA) is 101 Å². The first-order valence-electron chi connectivity index (χ1n) is 10.4. The summed E-state index contributed by atoms with van der Waals surface area (Å²) in [5.41, 5.74) is 12.0. The first-order chi connectivity index (χ1) is 15.3. The van der Waals surface area contributed by atoms with Crippen LogP contribution in [0.4, 0.5) is 11.5 Å². The van der Waals surface area contributed by atoms with Crippen molar-refractivity contribution in [3.63, 3.8) is 0 Å². The van der Waals surface area contributed by atoms with E-state index in [1.807, 2.05) is 28.8 Å². The minimum Gasteiger partial charge on any atom is -0.404 e. The first-order valence-corrected chi connectivity index (χ1v) is 10.4. The van der Waals surface area contributed by atoms with Crippen LogP contribution in [0.2, 0.25) is 0 Å². The molecule has 0 bridgehead atoms. The molecule has 1 fully saturated rings. The molecule has 4 N–H and O–H groups in total. The van der Waals surface area contributed by atoms with Crippen molar-refractivity contribution in [2.45, 2.75) is 18.8 Å². The number of fused-ring (bicyclic) bond motifs is 3. The molecule has 5 rings (SSSR count). The van der Waals surface area contributed by atoms with E-state index < -0.39 is 0 Å². The van der Waals surface area contributed by atoms with Gasteiger partial charge in [-0.1, -0.05) is 18.2 Å². The highest BCUT2D eigenvalue weighted by Crippen LogP contribution is 2.29. The van der Waals surface area contributed by atoms with Crippen LogP contribution >= 0.6 is 0 Å². The van der Waals surface area contributed by atoms with Gasteiger partial charge in [0.1, 0.15) is 0 Å². The largest absolute Gasteiger partial charge is 0.404 e. The number of allylic oxidation sites excluding steroid dienone is 1. The Morgan fingerprint density at radius 3 is 2.71 bits per heavy atom. The number of nitrogens with two attached hydrogens (primary N) is 1. The van der Waals surface area contributed by atoms with E-state index in [-0.39, 0.29) is 0 Å². The number of benzene rings is 2. The van der Waals surface area contributed by atoms with Gasteiger partial charge in [-0.3, -0.25) is 4.40 Å². The fraction of sp³-hybridized carbons (Fsp3) is 0.208. The number of nitrogens with zero attached hydrogens (tertiary/aromatic N) is 3. The molecule has 0 aliphatic carbocycles. The zero-order chi connectivity index (χ0) is 21.2. The van der Waals surface area contributed by atoms with Crippen molar-refractivity contribution in [2.75, 3.05) is 18.5 Å². The van der Waals surface area contributed by atoms with Gasteiger partial charge in [0.25, 0.3) is 0 Å². The fourth-order valence-corrected chi connectivity index (χ4v) is 4.15. The first kappa shape index (κ1) is 19.3. The van der Waals surface area contributed by atoms with Crippen LogP contribution in [0, 0.1) is 5.41 Å². The van der Waals surface area contributed by atoms with Gasteiger partial charge in [-0.25, -0.2) is 9.97 Å². The van der Waals surface area contributed by atoms with Crippen LogP contribution in [0.1, 0.15) is 29.9 Å². The van der Waals surface area contributed by atoms with E-state index in [1.54, 1.807) is 6.20 Å². The van der Waals surface area contributed by atoms with Crippen LogP contribution in [0.25, 0.3) is 22.3 Å². The molecule has 0 unspecified atom stereocenters. The summed E-state index contributed by atoms with van der Waals surface area (Å²) < 4.78 is 7.48. The molecule has 7 heteroatoms. The molecule has 0 atom stereocenters. The second kappa shape index (κ2) is 8.20. The van der Waals surface area contributed by atoms with Gasteiger partial charge in [0.05, 0.1) is 11.0 Å². The molecule has 0 radical (unpaired) electrons. The lowest BCUT2D eigenvalue weighted by molar-refractivity contribution is 0.0853. The van der Waals surface area contributed by atoms with Gasteiger partial charge in [-0.2, -0.15) is 0 Å². The van der Waals surface area contributed by atoms with Crippen LogP contribution in [-0.2, 0) is 4.74 Å². The Kier molecular flexibility index (Phi) is 5.09. The van der Waals surface area contributed by atoms with Crippen molar-refractivity contribution in [2.24, 2.45) is 5.73 Å². The molecule has 31 heavy (non-hydrogen) atoms. The Balaban J connectivity index is 1.49. The predicted octanol–water partition coefficient (Wildman–Crippen LogP) is 4.47. The molecule has 156 valence electrons. The maximum atomic E-state index is 7.55. The maximum absolute atomic E-state index is 7.55. The van der Waals surface area contributed by atoms with E-state index in [2.05, 4.69) is 34.6 Å². The maximum Gasteiger partial charge on any atom is 0.180 e. The van der Waals surface area contributed by atoms with Gasteiger partial charge in [-0.15, -0.1) is 0 Å². The number of imidazole rings is 1. The van der Waals surface area contributed by atoms with E-state index >= 15 is 0 Å². The fourth-order valence-electron chi connectivity index (χ4n) is 4.15. The van der Waals surface area contributed by atoms with Crippen LogP contribution in [0.15, 0.2) is 61.1 Å². The van der Waals surface area contributed by atoms with E-state index in [9.17, 15) is 0 Å². The minimum absolute atomic E-state index is 0.572. The summed E-state index contributed by atoms with van der Waals surface area (Å²) >= 11 is 0. The van der Waals surface area contributed by atoms with Crippen molar-refractivity contribution in [1.82, 2.24) is 14.4 Å². The number of nitrogens with one attached hydrogen (secondary N) is 2. The molecule has 4 aromatic rings. The van der Waals surface area contributed by atoms with Crippen LogP contribution < -0.4 is 11.1 Å². The Morgan fingerprint density at radius 2 is 1.97 bits per heavy atom. The van der Waals surface area contributed by atoms with E-state index in [1.165, 1.54) is 18.0 Å². The molecule has 7 nitrogen and oxygen atoms in total. The molecular formula is C24H24N6O. The van der Waals surface area contributed by atoms with Crippen molar-refractivity contribution in [3.8, 4) is 0 Å². The quantitative estimate of drug-likeness (QED) is 0.420. The zero-order valence-corrected chi connectivity index (χ0v) is 17.1. The number of aromatic nitrogens is 3. The van der Waals surface area contributed by atoms with Crippen molar-refractivity contribution >= 4 is 40.0 Å². The summed E-state index contributed by atoms with van der Waals surface area (Å²) in [5, 5.41) is 11.0. The number of hydrogen-bond acceptors (Lipinski definition) is 6. The molecule has 3 heterocycles. The van der Waals surface area contributed by atoms with Crippen molar-refractivity contribution < 1.29 is 4.74 Å². The van der Waals surface area contributed by atoms with Gasteiger partial charge in [0, 0.05) is 49.3 Å². The van der Waals surface area contributed by atoms with Gasteiger partial charge in [0.15, 0.2) is 11.5 Å². The highest BCUT2D eigenvalue weighted by atomic mass is 16.5. The van der Waals surface area contributed by atoms with Gasteiger partial charge < -0.3 is 21.2 Å². The Morgan fingerprint density at radius 1 is 1.16 bits per heavy atom. The smallest absolute Gasteiger partial charge is 0.180 e. The van der Waals surface area contributed by atoms with Crippen LogP contribution in [-0.4, -0.2) is 33.8 Å². The highest BCUT2D eigenvalue weighted by molar-refractivity contribution is 6.09. The molecule has 1 aliphatic rings. The monoisotopic (exact) mass is 412 g/mol. The Hall–Kier alpha value is -3.71. The molecular weight excluding hydrogens is 388 g/mol. The molecule has 1 saturated heterocycles. The normalized spacial score (nSPS) is 15.4. The third-order valence-corrected chi connectivity index (χ3v) is 5.85. The number of rotatable bonds is 5. The molecule has 0 amide bonds.